The van der Waals surface area contributed by atoms with E-state index in [0.29, 0.717) is 77.3 Å². The molecular weight excluding hydrogens is 1630 g/mol. The Morgan fingerprint density at radius 2 is 0.250 bits per heavy atom. The van der Waals surface area contributed by atoms with Gasteiger partial charge in [-0.25, -0.2) is 0 Å². The number of benzene rings is 8. The van der Waals surface area contributed by atoms with Gasteiger partial charge in [0, 0.05) is 77.3 Å². The molecule has 0 aliphatic carbocycles. The molecule has 0 atom stereocenters. The lowest BCUT2D eigenvalue weighted by Crippen LogP contribution is -2.96. The molecule has 28 heteroatoms. The van der Waals surface area contributed by atoms with Gasteiger partial charge in [-0.2, -0.15) is 0 Å². The van der Waals surface area contributed by atoms with E-state index in [1.807, 2.05) is 194 Å². The molecule has 6 fully saturated rings. The van der Waals surface area contributed by atoms with Crippen LogP contribution in [-0.2, 0) is 49.4 Å². The van der Waals surface area contributed by atoms with Crippen LogP contribution < -0.4 is 41.5 Å². The monoisotopic (exact) mass is 1660 g/mol. The van der Waals surface area contributed by atoms with Crippen LogP contribution in [0, 0.1) is 0 Å². The third-order valence-electron chi connectivity index (χ3n) is 12.9. The van der Waals surface area contributed by atoms with Crippen LogP contribution in [0.25, 0.3) is 0 Å². The Hall–Kier alpha value is -1.14. The molecule has 0 N–H and O–H groups in total. The van der Waals surface area contributed by atoms with Crippen LogP contribution in [0.4, 0.5) is 0 Å². The van der Waals surface area contributed by atoms with Gasteiger partial charge in [0.2, 0.25) is 0 Å². The van der Waals surface area contributed by atoms with Gasteiger partial charge in [0.25, 0.3) is 0 Å². The zero-order chi connectivity index (χ0) is 52.4. The number of halogens is 8. The van der Waals surface area contributed by atoms with E-state index in [4.69, 9.17) is 49.4 Å². The van der Waals surface area contributed by atoms with Crippen LogP contribution in [-0.4, -0.2) is 70.4 Å². The SMILES string of the molecule is Brc1ccccc1[Si]12O[Si]3(c4ccccc4Br)O[Si]4(c5ccccc5Br)O[Si](c5ccccc5Br)(O1)O[Si]1(c5ccccc5Br)O[Si](c5ccccc5Br)(O2)O[Si](c2ccccc2Br)(O3)O[Si](c2ccccc2Br)(O4)O1. The molecule has 12 nitrogen and oxygen atoms in total. The summed E-state index contributed by atoms with van der Waals surface area (Å²) in [6.07, 6.45) is 0. The van der Waals surface area contributed by atoms with Crippen molar-refractivity contribution >= 4 is 239 Å². The van der Waals surface area contributed by atoms with Crippen molar-refractivity contribution in [2.45, 2.75) is 0 Å². The molecule has 6 aliphatic heterocycles. The summed E-state index contributed by atoms with van der Waals surface area (Å²) >= 11 is 31.7. The average molecular weight is 1660 g/mol. The molecule has 0 saturated carbocycles. The summed E-state index contributed by atoms with van der Waals surface area (Å²) in [6, 6.07) is 60.6. The highest BCUT2D eigenvalue weighted by atomic mass is 79.9. The van der Waals surface area contributed by atoms with E-state index in [-0.39, 0.29) is 0 Å². The molecule has 0 radical (unpaired) electrons. The highest BCUT2D eigenvalue weighted by Crippen LogP contribution is 2.51. The number of hydrogen-bond acceptors (Lipinski definition) is 12. The Kier molecular flexibility index (Phi) is 14.5. The normalized spacial score (nSPS) is 31.5. The summed E-state index contributed by atoms with van der Waals surface area (Å²) < 4.78 is 105. The van der Waals surface area contributed by atoms with Crippen LogP contribution >= 0.6 is 127 Å². The molecule has 0 spiro atoms. The summed E-state index contributed by atoms with van der Waals surface area (Å²) in [4.78, 5) is 0. The Bertz CT molecular complexity index is 2890. The second-order valence-corrected chi connectivity index (χ2v) is 47.4. The van der Waals surface area contributed by atoms with Crippen molar-refractivity contribution in [1.82, 2.24) is 0 Å². The van der Waals surface area contributed by atoms with Crippen molar-refractivity contribution in [3.05, 3.63) is 230 Å². The standard InChI is InChI=1S/C48H32Br8O12Si8/c49-33-17-1-9-25-41(33)69-57-70(42-26-10-2-18-34(42)50)60-73(45-29-13-5-21-37(45)53)62-71(58-69,43-27-11-3-19-35(43)51)64-75(47-31-15-7-23-39(47)55)65-72(59-69,44-28-12-4-20-36(44)52)63-74(61-70,46-30-14-6-22-38(46)54)67-76(66-73,68-75)48-32-16-8-24-40(48)56/h1-32H. The molecule has 8 aromatic rings. The van der Waals surface area contributed by atoms with Crippen molar-refractivity contribution in [2.24, 2.45) is 0 Å². The zero-order valence-electron chi connectivity index (χ0n) is 38.4. The molecule has 6 aliphatic rings. The van der Waals surface area contributed by atoms with Gasteiger partial charge in [-0.15, -0.1) is 0 Å². The predicted molar refractivity (Wildman–Crippen MR) is 329 cm³/mol. The minimum Gasteiger partial charge on any atom is -0.366 e. The quantitative estimate of drug-likeness (QED) is 0.135. The van der Waals surface area contributed by atoms with Gasteiger partial charge in [0.15, 0.2) is 0 Å². The van der Waals surface area contributed by atoms with E-state index >= 15 is 0 Å². The third-order valence-corrected chi connectivity index (χ3v) is 55.9. The van der Waals surface area contributed by atoms with Crippen LogP contribution in [0.5, 0.6) is 0 Å². The molecule has 8 aromatic carbocycles. The first kappa shape index (κ1) is 54.1. The molecule has 14 rings (SSSR count). The van der Waals surface area contributed by atoms with E-state index in [1.165, 1.54) is 0 Å². The first-order valence-corrected chi connectivity index (χ1v) is 43.2. The summed E-state index contributed by atoms with van der Waals surface area (Å²) in [5.74, 6) is 0. The Labute approximate surface area is 512 Å². The van der Waals surface area contributed by atoms with E-state index < -0.39 is 70.4 Å². The largest absolute Gasteiger partial charge is 0.516 e. The van der Waals surface area contributed by atoms with Crippen LogP contribution in [0.15, 0.2) is 230 Å². The Morgan fingerprint density at radius 1 is 0.158 bits per heavy atom. The second kappa shape index (κ2) is 20.3. The fourth-order valence-electron chi connectivity index (χ4n) is 9.62. The molecule has 0 aromatic heterocycles. The number of hydrogen-bond donors (Lipinski definition) is 0. The van der Waals surface area contributed by atoms with Gasteiger partial charge >= 0.3 is 70.4 Å². The molecule has 6 heterocycles. The van der Waals surface area contributed by atoms with E-state index in [9.17, 15) is 0 Å². The van der Waals surface area contributed by atoms with Gasteiger partial charge < -0.3 is 49.4 Å². The molecular formula is C48H32Br8O12Si8. The molecule has 0 amide bonds. The summed E-state index contributed by atoms with van der Waals surface area (Å²) in [5.41, 5.74) is 0. The lowest BCUT2D eigenvalue weighted by molar-refractivity contribution is -0.00320. The summed E-state index contributed by atoms with van der Waals surface area (Å²) in [7, 11) is -40.4. The smallest absolute Gasteiger partial charge is 0.366 e. The first-order chi connectivity index (χ1) is 36.6. The lowest BCUT2D eigenvalue weighted by atomic mass is 10.4. The number of rotatable bonds is 8. The third kappa shape index (κ3) is 8.79. The maximum Gasteiger partial charge on any atom is 0.516 e. The van der Waals surface area contributed by atoms with Crippen LogP contribution in [0.3, 0.4) is 0 Å². The second-order valence-electron chi connectivity index (χ2n) is 17.5. The van der Waals surface area contributed by atoms with Gasteiger partial charge in [-0.1, -0.05) is 273 Å². The van der Waals surface area contributed by atoms with E-state index in [1.54, 1.807) is 0 Å². The highest BCUT2D eigenvalue weighted by Gasteiger charge is 2.87. The molecule has 0 unspecified atom stereocenters. The lowest BCUT2D eigenvalue weighted by Gasteiger charge is -2.63. The topological polar surface area (TPSA) is 111 Å². The van der Waals surface area contributed by atoms with Crippen molar-refractivity contribution in [3.63, 3.8) is 0 Å². The minimum absolute atomic E-state index is 0.465. The average Bonchev–Trinajstić information content (AvgIpc) is 3.28. The maximum atomic E-state index is 8.33. The fourth-order valence-corrected chi connectivity index (χ4v) is 63.7. The minimum atomic E-state index is -5.05. The summed E-state index contributed by atoms with van der Waals surface area (Å²) in [6.45, 7) is 0. The first-order valence-electron chi connectivity index (χ1n) is 23.0. The van der Waals surface area contributed by atoms with Crippen LogP contribution in [0.2, 0.25) is 0 Å². The van der Waals surface area contributed by atoms with E-state index in [0.717, 1.165) is 0 Å². The van der Waals surface area contributed by atoms with Crippen molar-refractivity contribution < 1.29 is 49.4 Å². The van der Waals surface area contributed by atoms with Crippen molar-refractivity contribution in [2.75, 3.05) is 0 Å². The maximum absolute atomic E-state index is 8.33. The summed E-state index contributed by atoms with van der Waals surface area (Å²) in [5, 5.41) is 3.72. The predicted octanol–water partition coefficient (Wildman–Crippen LogP) is 9.12. The molecule has 6 saturated heterocycles. The fraction of sp³-hybridized carbons (Fsp3) is 0. The van der Waals surface area contributed by atoms with Crippen LogP contribution in [0.1, 0.15) is 0 Å². The van der Waals surface area contributed by atoms with E-state index in [2.05, 4.69) is 127 Å². The highest BCUT2D eigenvalue weighted by molar-refractivity contribution is 9.11. The van der Waals surface area contributed by atoms with Gasteiger partial charge in [-0.3, -0.25) is 0 Å². The zero-order valence-corrected chi connectivity index (χ0v) is 59.1. The van der Waals surface area contributed by atoms with Gasteiger partial charge in [0.1, 0.15) is 0 Å². The Morgan fingerprint density at radius 3 is 0.342 bits per heavy atom. The molecule has 76 heavy (non-hydrogen) atoms. The van der Waals surface area contributed by atoms with Crippen molar-refractivity contribution in [3.8, 4) is 0 Å². The molecule has 384 valence electrons. The Balaban J connectivity index is 1.31. The van der Waals surface area contributed by atoms with Gasteiger partial charge in [-0.05, 0) is 48.5 Å². The molecule has 8 bridgehead atoms. The van der Waals surface area contributed by atoms with Crippen molar-refractivity contribution in [1.29, 1.82) is 0 Å². The van der Waals surface area contributed by atoms with Gasteiger partial charge in [0.05, 0.1) is 0 Å².